The second-order valence-corrected chi connectivity index (χ2v) is 5.58. The number of rotatable bonds is 7. The summed E-state index contributed by atoms with van der Waals surface area (Å²) in [5, 5.41) is 6.33. The van der Waals surface area contributed by atoms with Gasteiger partial charge in [0, 0.05) is 36.9 Å². The molecule has 21 heavy (non-hydrogen) atoms. The van der Waals surface area contributed by atoms with Gasteiger partial charge in [-0.25, -0.2) is 0 Å². The summed E-state index contributed by atoms with van der Waals surface area (Å²) in [6, 6.07) is 7.65. The third kappa shape index (κ3) is 4.46. The largest absolute Gasteiger partial charge is 0.385 e. The topological polar surface area (TPSA) is 50.4 Å². The van der Waals surface area contributed by atoms with Crippen molar-refractivity contribution >= 4 is 11.6 Å². The number of nitrogens with one attached hydrogen (secondary N) is 2. The summed E-state index contributed by atoms with van der Waals surface area (Å²) >= 11 is 0. The first-order valence-electron chi connectivity index (χ1n) is 7.98. The zero-order chi connectivity index (χ0) is 15.1. The molecule has 0 saturated carbocycles. The number of carbonyl (C=O) groups is 1. The summed E-state index contributed by atoms with van der Waals surface area (Å²) < 4.78 is 5.65. The number of benzene rings is 1. The van der Waals surface area contributed by atoms with Crippen molar-refractivity contribution in [2.75, 3.05) is 25.0 Å². The fourth-order valence-electron chi connectivity index (χ4n) is 2.71. The highest BCUT2D eigenvalue weighted by Gasteiger charge is 2.26. The lowest BCUT2D eigenvalue weighted by molar-refractivity contribution is 0.0827. The molecule has 2 N–H and O–H groups in total. The van der Waals surface area contributed by atoms with Crippen LogP contribution in [0.3, 0.4) is 0 Å². The van der Waals surface area contributed by atoms with Crippen molar-refractivity contribution in [3.8, 4) is 0 Å². The van der Waals surface area contributed by atoms with E-state index in [4.69, 9.17) is 4.74 Å². The van der Waals surface area contributed by atoms with Crippen LogP contribution in [0.2, 0.25) is 0 Å². The van der Waals surface area contributed by atoms with Crippen LogP contribution in [0.1, 0.15) is 43.5 Å². The van der Waals surface area contributed by atoms with Crippen LogP contribution in [0.15, 0.2) is 24.3 Å². The van der Waals surface area contributed by atoms with E-state index in [1.807, 2.05) is 24.3 Å². The Bertz CT molecular complexity index is 445. The molecular weight excluding hydrogens is 264 g/mol. The normalized spacial score (nSPS) is 21.2. The van der Waals surface area contributed by atoms with Crippen molar-refractivity contribution in [3.05, 3.63) is 29.8 Å². The zero-order valence-corrected chi connectivity index (χ0v) is 13.0. The lowest BCUT2D eigenvalue weighted by Gasteiger charge is -2.17. The average molecular weight is 290 g/mol. The molecule has 116 valence electrons. The van der Waals surface area contributed by atoms with Crippen LogP contribution in [0.25, 0.3) is 0 Å². The molecule has 4 nitrogen and oxygen atoms in total. The highest BCUT2D eigenvalue weighted by Crippen LogP contribution is 2.22. The number of ether oxygens (including phenoxy) is 1. The van der Waals surface area contributed by atoms with Gasteiger partial charge in [0.2, 0.25) is 0 Å². The summed E-state index contributed by atoms with van der Waals surface area (Å²) in [5.74, 6) is 0.447. The van der Waals surface area contributed by atoms with Gasteiger partial charge in [0.05, 0.1) is 6.10 Å². The Morgan fingerprint density at radius 3 is 2.71 bits per heavy atom. The number of carbonyl (C=O) groups excluding carboxylic acids is 1. The van der Waals surface area contributed by atoms with Gasteiger partial charge in [0.15, 0.2) is 0 Å². The summed E-state index contributed by atoms with van der Waals surface area (Å²) in [4.78, 5) is 12.1. The van der Waals surface area contributed by atoms with E-state index in [1.165, 1.54) is 0 Å². The van der Waals surface area contributed by atoms with Gasteiger partial charge in [-0.3, -0.25) is 4.79 Å². The second kappa shape index (κ2) is 8.03. The molecule has 1 aliphatic rings. The maximum atomic E-state index is 12.1. The Balaban J connectivity index is 1.82. The van der Waals surface area contributed by atoms with E-state index in [2.05, 4.69) is 24.5 Å². The van der Waals surface area contributed by atoms with Gasteiger partial charge in [-0.2, -0.15) is 0 Å². The van der Waals surface area contributed by atoms with E-state index in [0.717, 1.165) is 38.1 Å². The Hall–Kier alpha value is -1.55. The predicted molar refractivity (Wildman–Crippen MR) is 85.7 cm³/mol. The van der Waals surface area contributed by atoms with Crippen molar-refractivity contribution in [2.24, 2.45) is 5.92 Å². The van der Waals surface area contributed by atoms with Crippen LogP contribution in [-0.4, -0.2) is 31.7 Å². The molecule has 2 atom stereocenters. The van der Waals surface area contributed by atoms with E-state index < -0.39 is 0 Å². The van der Waals surface area contributed by atoms with Gasteiger partial charge in [0.25, 0.3) is 5.91 Å². The average Bonchev–Trinajstić information content (AvgIpc) is 2.98. The first kappa shape index (κ1) is 15.8. The van der Waals surface area contributed by atoms with Crippen LogP contribution in [0.4, 0.5) is 5.69 Å². The molecule has 0 bridgehead atoms. The van der Waals surface area contributed by atoms with Gasteiger partial charge in [-0.1, -0.05) is 13.8 Å². The molecule has 1 aliphatic heterocycles. The van der Waals surface area contributed by atoms with Gasteiger partial charge < -0.3 is 15.4 Å². The van der Waals surface area contributed by atoms with E-state index in [9.17, 15) is 4.79 Å². The van der Waals surface area contributed by atoms with E-state index >= 15 is 0 Å². The maximum Gasteiger partial charge on any atom is 0.251 e. The summed E-state index contributed by atoms with van der Waals surface area (Å²) in [7, 11) is 0. The number of amides is 1. The van der Waals surface area contributed by atoms with E-state index in [0.29, 0.717) is 24.1 Å². The van der Waals surface area contributed by atoms with Crippen LogP contribution >= 0.6 is 0 Å². The molecule has 2 rings (SSSR count). The third-order valence-electron chi connectivity index (χ3n) is 4.00. The minimum absolute atomic E-state index is 0.00112. The molecule has 0 radical (unpaired) electrons. The molecule has 1 fully saturated rings. The minimum Gasteiger partial charge on any atom is -0.385 e. The molecule has 0 aliphatic carbocycles. The quantitative estimate of drug-likeness (QED) is 0.811. The van der Waals surface area contributed by atoms with Gasteiger partial charge in [-0.15, -0.1) is 0 Å². The Kier molecular flexibility index (Phi) is 6.05. The third-order valence-corrected chi connectivity index (χ3v) is 4.00. The molecule has 1 aromatic rings. The summed E-state index contributed by atoms with van der Waals surface area (Å²) in [6.45, 7) is 6.73. The molecule has 4 heteroatoms. The molecule has 1 saturated heterocycles. The summed E-state index contributed by atoms with van der Waals surface area (Å²) in [5.41, 5.74) is 1.77. The maximum absolute atomic E-state index is 12.1. The van der Waals surface area contributed by atoms with Crippen molar-refractivity contribution in [3.63, 3.8) is 0 Å². The fourth-order valence-corrected chi connectivity index (χ4v) is 2.71. The monoisotopic (exact) mass is 290 g/mol. The predicted octanol–water partition coefficient (Wildman–Crippen LogP) is 3.05. The fraction of sp³-hybridized carbons (Fsp3) is 0.588. The number of hydrogen-bond acceptors (Lipinski definition) is 3. The lowest BCUT2D eigenvalue weighted by atomic mass is 9.99. The molecular formula is C17H26N2O2. The smallest absolute Gasteiger partial charge is 0.251 e. The Morgan fingerprint density at radius 2 is 2.05 bits per heavy atom. The summed E-state index contributed by atoms with van der Waals surface area (Å²) in [6.07, 6.45) is 3.44. The van der Waals surface area contributed by atoms with Gasteiger partial charge >= 0.3 is 0 Å². The lowest BCUT2D eigenvalue weighted by Crippen LogP contribution is -2.32. The Labute approximate surface area is 127 Å². The van der Waals surface area contributed by atoms with E-state index in [-0.39, 0.29) is 5.91 Å². The highest BCUT2D eigenvalue weighted by atomic mass is 16.5. The molecule has 2 unspecified atom stereocenters. The highest BCUT2D eigenvalue weighted by molar-refractivity contribution is 5.94. The van der Waals surface area contributed by atoms with Crippen molar-refractivity contribution in [1.82, 2.24) is 5.32 Å². The van der Waals surface area contributed by atoms with Crippen molar-refractivity contribution in [2.45, 2.75) is 39.2 Å². The molecule has 1 amide bonds. The number of hydrogen-bond donors (Lipinski definition) is 2. The molecule has 1 heterocycles. The Morgan fingerprint density at radius 1 is 1.29 bits per heavy atom. The SMILES string of the molecule is CCCNc1ccc(C(=O)NCC2CCOC2CC)cc1. The van der Waals surface area contributed by atoms with Crippen LogP contribution in [-0.2, 0) is 4.74 Å². The van der Waals surface area contributed by atoms with E-state index in [1.54, 1.807) is 0 Å². The first-order chi connectivity index (χ1) is 10.2. The molecule has 0 aromatic heterocycles. The minimum atomic E-state index is -0.00112. The van der Waals surface area contributed by atoms with Crippen LogP contribution < -0.4 is 10.6 Å². The van der Waals surface area contributed by atoms with Crippen LogP contribution in [0.5, 0.6) is 0 Å². The number of anilines is 1. The van der Waals surface area contributed by atoms with Crippen molar-refractivity contribution < 1.29 is 9.53 Å². The van der Waals surface area contributed by atoms with Crippen LogP contribution in [0, 0.1) is 5.92 Å². The van der Waals surface area contributed by atoms with Gasteiger partial charge in [0.1, 0.15) is 0 Å². The zero-order valence-electron chi connectivity index (χ0n) is 13.0. The molecule has 0 spiro atoms. The van der Waals surface area contributed by atoms with Gasteiger partial charge in [-0.05, 0) is 43.5 Å². The first-order valence-corrected chi connectivity index (χ1v) is 7.98. The molecule has 1 aromatic carbocycles. The second-order valence-electron chi connectivity index (χ2n) is 5.58. The van der Waals surface area contributed by atoms with Crippen molar-refractivity contribution in [1.29, 1.82) is 0 Å². The standard InChI is InChI=1S/C17H26N2O2/c1-3-10-18-15-7-5-13(6-8-15)17(20)19-12-14-9-11-21-16(14)4-2/h5-8,14,16,18H,3-4,9-12H2,1-2H3,(H,19,20).